The molecule has 0 aliphatic heterocycles. The second-order valence-electron chi connectivity index (χ2n) is 4.05. The van der Waals surface area contributed by atoms with E-state index in [4.69, 9.17) is 0 Å². The molecular formula is C10H19N3OS2. The van der Waals surface area contributed by atoms with E-state index in [1.807, 2.05) is 13.2 Å². The van der Waals surface area contributed by atoms with Gasteiger partial charge in [0, 0.05) is 30.3 Å². The third-order valence-corrected chi connectivity index (χ3v) is 3.64. The first kappa shape index (κ1) is 13.7. The van der Waals surface area contributed by atoms with Gasteiger partial charge in [-0.15, -0.1) is 0 Å². The normalized spacial score (nSPS) is 14.8. The van der Waals surface area contributed by atoms with Crippen molar-refractivity contribution in [2.75, 3.05) is 23.9 Å². The number of aliphatic hydroxyl groups is 1. The van der Waals surface area contributed by atoms with E-state index in [0.717, 1.165) is 23.8 Å². The summed E-state index contributed by atoms with van der Waals surface area (Å²) in [5.41, 5.74) is -0.698. The largest absolute Gasteiger partial charge is 0.387 e. The molecule has 2 N–H and O–H groups in total. The first-order valence-corrected chi connectivity index (χ1v) is 7.52. The van der Waals surface area contributed by atoms with Crippen molar-refractivity contribution in [3.05, 3.63) is 5.82 Å². The quantitative estimate of drug-likeness (QED) is 0.786. The molecule has 1 unspecified atom stereocenters. The van der Waals surface area contributed by atoms with Crippen LogP contribution in [0.15, 0.2) is 0 Å². The highest BCUT2D eigenvalue weighted by atomic mass is 32.2. The van der Waals surface area contributed by atoms with Crippen LogP contribution in [-0.4, -0.2) is 38.6 Å². The highest BCUT2D eigenvalue weighted by Crippen LogP contribution is 2.15. The number of hydrogen-bond acceptors (Lipinski definition) is 6. The minimum absolute atomic E-state index is 0.509. The first-order chi connectivity index (χ1) is 7.57. The summed E-state index contributed by atoms with van der Waals surface area (Å²) in [6, 6.07) is 0. The van der Waals surface area contributed by atoms with Gasteiger partial charge in [0.15, 0.2) is 0 Å². The van der Waals surface area contributed by atoms with Gasteiger partial charge in [0.05, 0.1) is 5.60 Å². The highest BCUT2D eigenvalue weighted by molar-refractivity contribution is 7.98. The van der Waals surface area contributed by atoms with Crippen molar-refractivity contribution in [2.45, 2.75) is 32.3 Å². The van der Waals surface area contributed by atoms with Gasteiger partial charge in [-0.2, -0.15) is 16.1 Å². The Bertz CT molecular complexity index is 315. The molecule has 1 atom stereocenters. The Kier molecular flexibility index (Phi) is 5.51. The van der Waals surface area contributed by atoms with E-state index in [2.05, 4.69) is 21.6 Å². The first-order valence-electron chi connectivity index (χ1n) is 5.35. The number of anilines is 1. The van der Waals surface area contributed by atoms with E-state index in [0.29, 0.717) is 12.3 Å². The molecule has 92 valence electrons. The van der Waals surface area contributed by atoms with Crippen molar-refractivity contribution in [3.8, 4) is 0 Å². The molecule has 0 radical (unpaired) electrons. The van der Waals surface area contributed by atoms with Gasteiger partial charge in [-0.3, -0.25) is 0 Å². The molecular weight excluding hydrogens is 242 g/mol. The molecule has 0 saturated carbocycles. The number of nitrogens with one attached hydrogen (secondary N) is 1. The second kappa shape index (κ2) is 6.42. The van der Waals surface area contributed by atoms with E-state index in [1.165, 1.54) is 11.5 Å². The van der Waals surface area contributed by atoms with Crippen LogP contribution in [-0.2, 0) is 6.42 Å². The molecule has 6 heteroatoms. The smallest absolute Gasteiger partial charge is 0.202 e. The number of nitrogens with zero attached hydrogens (tertiary/aromatic N) is 2. The average molecular weight is 261 g/mol. The molecule has 0 aliphatic carbocycles. The van der Waals surface area contributed by atoms with E-state index >= 15 is 0 Å². The Balaban J connectivity index is 2.41. The molecule has 0 bridgehead atoms. The van der Waals surface area contributed by atoms with Crippen LogP contribution in [0, 0.1) is 0 Å². The number of hydrogen-bond donors (Lipinski definition) is 2. The Morgan fingerprint density at radius 3 is 2.94 bits per heavy atom. The third-order valence-electron chi connectivity index (χ3n) is 2.02. The van der Waals surface area contributed by atoms with Crippen molar-refractivity contribution in [2.24, 2.45) is 0 Å². The van der Waals surface area contributed by atoms with Crippen LogP contribution in [0.5, 0.6) is 0 Å². The lowest BCUT2D eigenvalue weighted by molar-refractivity contribution is 0.0997. The predicted molar refractivity (Wildman–Crippen MR) is 71.4 cm³/mol. The molecule has 0 aliphatic rings. The summed E-state index contributed by atoms with van der Waals surface area (Å²) in [6.45, 7) is 4.44. The monoisotopic (exact) mass is 261 g/mol. The lowest BCUT2D eigenvalue weighted by Crippen LogP contribution is -2.36. The number of rotatable bonds is 7. The summed E-state index contributed by atoms with van der Waals surface area (Å²) in [4.78, 5) is 4.34. The van der Waals surface area contributed by atoms with Gasteiger partial charge in [0.25, 0.3) is 0 Å². The summed E-state index contributed by atoms with van der Waals surface area (Å²) in [7, 11) is 0. The average Bonchev–Trinajstić information content (AvgIpc) is 2.64. The molecule has 1 aromatic rings. The van der Waals surface area contributed by atoms with Crippen molar-refractivity contribution >= 4 is 28.4 Å². The van der Waals surface area contributed by atoms with Crippen molar-refractivity contribution in [3.63, 3.8) is 0 Å². The SMILES string of the molecule is CCCc1nsc(NCC(C)(O)CSC)n1. The molecule has 1 aromatic heterocycles. The van der Waals surface area contributed by atoms with E-state index in [-0.39, 0.29) is 0 Å². The Morgan fingerprint density at radius 1 is 1.56 bits per heavy atom. The van der Waals surface area contributed by atoms with Crippen LogP contribution in [0.25, 0.3) is 0 Å². The number of thioether (sulfide) groups is 1. The fraction of sp³-hybridized carbons (Fsp3) is 0.800. The summed E-state index contributed by atoms with van der Waals surface area (Å²) >= 11 is 2.99. The maximum Gasteiger partial charge on any atom is 0.202 e. The zero-order chi connectivity index (χ0) is 12.0. The fourth-order valence-corrected chi connectivity index (χ4v) is 2.61. The van der Waals surface area contributed by atoms with Crippen LogP contribution in [0.2, 0.25) is 0 Å². The molecule has 0 fully saturated rings. The number of aromatic nitrogens is 2. The minimum atomic E-state index is -0.698. The molecule has 0 saturated heterocycles. The molecule has 16 heavy (non-hydrogen) atoms. The molecule has 1 rings (SSSR count). The van der Waals surface area contributed by atoms with E-state index < -0.39 is 5.60 Å². The zero-order valence-corrected chi connectivity index (χ0v) is 11.6. The van der Waals surface area contributed by atoms with Crippen LogP contribution in [0.1, 0.15) is 26.1 Å². The van der Waals surface area contributed by atoms with Crippen LogP contribution in [0.4, 0.5) is 5.13 Å². The zero-order valence-electron chi connectivity index (χ0n) is 9.99. The summed E-state index contributed by atoms with van der Waals surface area (Å²) in [5, 5.41) is 13.9. The Hall–Kier alpha value is -0.330. The van der Waals surface area contributed by atoms with Gasteiger partial charge in [-0.25, -0.2) is 4.98 Å². The molecule has 1 heterocycles. The van der Waals surface area contributed by atoms with E-state index in [9.17, 15) is 5.11 Å². The molecule has 0 amide bonds. The third kappa shape index (κ3) is 4.67. The fourth-order valence-electron chi connectivity index (χ4n) is 1.28. The molecule has 4 nitrogen and oxygen atoms in total. The predicted octanol–water partition coefficient (Wildman–Crippen LogP) is 2.02. The molecule has 0 aromatic carbocycles. The highest BCUT2D eigenvalue weighted by Gasteiger charge is 2.19. The summed E-state index contributed by atoms with van der Waals surface area (Å²) in [5.74, 6) is 1.60. The van der Waals surface area contributed by atoms with Gasteiger partial charge < -0.3 is 10.4 Å². The summed E-state index contributed by atoms with van der Waals surface area (Å²) < 4.78 is 4.23. The van der Waals surface area contributed by atoms with Gasteiger partial charge >= 0.3 is 0 Å². The second-order valence-corrected chi connectivity index (χ2v) is 5.67. The van der Waals surface area contributed by atoms with Gasteiger partial charge in [0.1, 0.15) is 5.82 Å². The van der Waals surface area contributed by atoms with Crippen molar-refractivity contribution < 1.29 is 5.11 Å². The Labute approximate surface area is 105 Å². The standard InChI is InChI=1S/C10H19N3OS2/c1-4-5-8-12-9(16-13-8)11-6-10(2,14)7-15-3/h14H,4-7H2,1-3H3,(H,11,12,13). The minimum Gasteiger partial charge on any atom is -0.387 e. The Morgan fingerprint density at radius 2 is 2.31 bits per heavy atom. The van der Waals surface area contributed by atoms with Gasteiger partial charge in [-0.05, 0) is 19.6 Å². The maximum atomic E-state index is 9.96. The van der Waals surface area contributed by atoms with Crippen LogP contribution in [0.3, 0.4) is 0 Å². The topological polar surface area (TPSA) is 58.0 Å². The van der Waals surface area contributed by atoms with Crippen LogP contribution < -0.4 is 5.32 Å². The van der Waals surface area contributed by atoms with Crippen molar-refractivity contribution in [1.29, 1.82) is 0 Å². The lowest BCUT2D eigenvalue weighted by Gasteiger charge is -2.21. The van der Waals surface area contributed by atoms with Gasteiger partial charge in [-0.1, -0.05) is 6.92 Å². The van der Waals surface area contributed by atoms with E-state index in [1.54, 1.807) is 11.8 Å². The number of aryl methyl sites for hydroxylation is 1. The lowest BCUT2D eigenvalue weighted by atomic mass is 10.1. The van der Waals surface area contributed by atoms with Crippen LogP contribution >= 0.6 is 23.3 Å². The molecule has 0 spiro atoms. The maximum absolute atomic E-state index is 9.96. The van der Waals surface area contributed by atoms with Crippen molar-refractivity contribution in [1.82, 2.24) is 9.36 Å². The van der Waals surface area contributed by atoms with Gasteiger partial charge in [0.2, 0.25) is 5.13 Å². The summed E-state index contributed by atoms with van der Waals surface area (Å²) in [6.07, 6.45) is 3.96.